The molecule has 3 rings (SSSR count). The van der Waals surface area contributed by atoms with Gasteiger partial charge in [0.15, 0.2) is 0 Å². The van der Waals surface area contributed by atoms with Crippen LogP contribution >= 0.6 is 15.9 Å². The first-order valence-corrected chi connectivity index (χ1v) is 9.33. The van der Waals surface area contributed by atoms with Crippen LogP contribution in [0.15, 0.2) is 58.2 Å². The average molecular weight is 474 g/mol. The molecule has 0 fully saturated rings. The van der Waals surface area contributed by atoms with Crippen molar-refractivity contribution < 1.29 is 19.6 Å². The van der Waals surface area contributed by atoms with E-state index >= 15 is 0 Å². The predicted octanol–water partition coefficient (Wildman–Crippen LogP) is 3.08. The first kappa shape index (κ1) is 21.0. The Labute approximate surface area is 179 Å². The maximum atomic E-state index is 12.4. The van der Waals surface area contributed by atoms with Crippen molar-refractivity contribution in [2.45, 2.75) is 6.54 Å². The monoisotopic (exact) mass is 473 g/mol. The summed E-state index contributed by atoms with van der Waals surface area (Å²) >= 11 is 3.34. The van der Waals surface area contributed by atoms with Gasteiger partial charge < -0.3 is 9.84 Å². The number of halogens is 1. The molecule has 0 aliphatic heterocycles. The molecule has 0 aliphatic carbocycles. The van der Waals surface area contributed by atoms with Gasteiger partial charge in [0.25, 0.3) is 5.91 Å². The molecule has 1 amide bonds. The minimum absolute atomic E-state index is 0.0708. The summed E-state index contributed by atoms with van der Waals surface area (Å²) < 4.78 is 7.27. The third-order valence-corrected chi connectivity index (χ3v) is 4.55. The number of ether oxygens (including phenoxy) is 1. The molecular formula is C19H16BrN5O5. The fourth-order valence-electron chi connectivity index (χ4n) is 2.54. The van der Waals surface area contributed by atoms with Gasteiger partial charge in [-0.15, -0.1) is 0 Å². The molecule has 2 N–H and O–H groups in total. The standard InChI is InChI=1S/C19H16BrN5O5/c1-30-15-6-7-17(26)13(8-15)9-21-22-19(27)18-16(25(28)29)11-24(23-18)10-12-2-4-14(20)5-3-12/h2-9,11,26H,10H2,1H3,(H,22,27)/b21-9+. The van der Waals surface area contributed by atoms with E-state index in [9.17, 15) is 20.0 Å². The number of hydrazone groups is 1. The molecule has 11 heteroatoms. The van der Waals surface area contributed by atoms with E-state index in [0.29, 0.717) is 11.3 Å². The van der Waals surface area contributed by atoms with E-state index in [4.69, 9.17) is 4.74 Å². The number of benzene rings is 2. The van der Waals surface area contributed by atoms with Crippen molar-refractivity contribution in [2.24, 2.45) is 5.10 Å². The summed E-state index contributed by atoms with van der Waals surface area (Å²) in [6.07, 6.45) is 2.38. The Kier molecular flexibility index (Phi) is 6.42. The molecule has 3 aromatic rings. The van der Waals surface area contributed by atoms with E-state index in [1.807, 2.05) is 24.3 Å². The van der Waals surface area contributed by atoms with Gasteiger partial charge in [-0.2, -0.15) is 10.2 Å². The van der Waals surface area contributed by atoms with Crippen LogP contribution in [0.3, 0.4) is 0 Å². The molecule has 0 atom stereocenters. The van der Waals surface area contributed by atoms with Gasteiger partial charge >= 0.3 is 5.69 Å². The molecule has 0 spiro atoms. The Morgan fingerprint density at radius 2 is 2.10 bits per heavy atom. The van der Waals surface area contributed by atoms with Gasteiger partial charge in [0, 0.05) is 10.0 Å². The summed E-state index contributed by atoms with van der Waals surface area (Å²) in [6.45, 7) is 0.252. The number of hydrogen-bond donors (Lipinski definition) is 2. The van der Waals surface area contributed by atoms with Gasteiger partial charge in [-0.3, -0.25) is 19.6 Å². The second kappa shape index (κ2) is 9.18. The molecule has 154 valence electrons. The highest BCUT2D eigenvalue weighted by atomic mass is 79.9. The Morgan fingerprint density at radius 1 is 1.37 bits per heavy atom. The smallest absolute Gasteiger partial charge is 0.320 e. The van der Waals surface area contributed by atoms with Crippen LogP contribution in [-0.4, -0.2) is 39.0 Å². The molecule has 0 saturated heterocycles. The third-order valence-electron chi connectivity index (χ3n) is 4.02. The Balaban J connectivity index is 1.77. The molecule has 0 radical (unpaired) electrons. The topological polar surface area (TPSA) is 132 Å². The number of rotatable bonds is 7. The average Bonchev–Trinajstić information content (AvgIpc) is 3.15. The molecule has 30 heavy (non-hydrogen) atoms. The van der Waals surface area contributed by atoms with E-state index < -0.39 is 16.5 Å². The molecule has 0 unspecified atom stereocenters. The zero-order valence-corrected chi connectivity index (χ0v) is 17.2. The lowest BCUT2D eigenvalue weighted by Crippen LogP contribution is -2.19. The summed E-state index contributed by atoms with van der Waals surface area (Å²) in [5.41, 5.74) is 2.52. The second-order valence-corrected chi connectivity index (χ2v) is 6.98. The minimum atomic E-state index is -0.852. The maximum absolute atomic E-state index is 12.4. The zero-order chi connectivity index (χ0) is 21.7. The lowest BCUT2D eigenvalue weighted by Gasteiger charge is -2.03. The van der Waals surface area contributed by atoms with Crippen LogP contribution < -0.4 is 10.2 Å². The number of hydrogen-bond acceptors (Lipinski definition) is 7. The van der Waals surface area contributed by atoms with Crippen LogP contribution in [0.1, 0.15) is 21.6 Å². The lowest BCUT2D eigenvalue weighted by atomic mass is 10.2. The first-order chi connectivity index (χ1) is 14.4. The Morgan fingerprint density at radius 3 is 2.77 bits per heavy atom. The van der Waals surface area contributed by atoms with Gasteiger partial charge in [0.05, 0.1) is 24.8 Å². The fraction of sp³-hybridized carbons (Fsp3) is 0.105. The van der Waals surface area contributed by atoms with Crippen LogP contribution in [0.2, 0.25) is 0 Å². The Hall–Kier alpha value is -3.73. The number of nitrogens with one attached hydrogen (secondary N) is 1. The van der Waals surface area contributed by atoms with Crippen LogP contribution in [0.25, 0.3) is 0 Å². The highest BCUT2D eigenvalue weighted by Crippen LogP contribution is 2.21. The van der Waals surface area contributed by atoms with Crippen molar-refractivity contribution in [1.29, 1.82) is 0 Å². The molecule has 0 aliphatic rings. The summed E-state index contributed by atoms with van der Waals surface area (Å²) in [7, 11) is 1.47. The second-order valence-electron chi connectivity index (χ2n) is 6.07. The quantitative estimate of drug-likeness (QED) is 0.307. The number of methoxy groups -OCH3 is 1. The number of phenols is 1. The van der Waals surface area contributed by atoms with Gasteiger partial charge in [-0.25, -0.2) is 5.43 Å². The SMILES string of the molecule is COc1ccc(O)c(/C=N/NC(=O)c2nn(Cc3ccc(Br)cc3)cc2[N+](=O)[O-])c1. The van der Waals surface area contributed by atoms with Crippen molar-refractivity contribution in [3.05, 3.63) is 80.1 Å². The number of phenolic OH excluding ortho intramolecular Hbond substituents is 1. The fourth-order valence-corrected chi connectivity index (χ4v) is 2.80. The number of amides is 1. The molecule has 10 nitrogen and oxygen atoms in total. The van der Waals surface area contributed by atoms with E-state index in [1.165, 1.54) is 36.3 Å². The Bertz CT molecular complexity index is 1110. The van der Waals surface area contributed by atoms with Gasteiger partial charge in [0.2, 0.25) is 5.69 Å². The summed E-state index contributed by atoms with van der Waals surface area (Å²) in [6, 6.07) is 11.8. The summed E-state index contributed by atoms with van der Waals surface area (Å²) in [5.74, 6) is -0.434. The molecule has 1 heterocycles. The van der Waals surface area contributed by atoms with Crippen molar-refractivity contribution in [3.63, 3.8) is 0 Å². The number of nitrogens with zero attached hydrogens (tertiary/aromatic N) is 4. The van der Waals surface area contributed by atoms with E-state index in [-0.39, 0.29) is 18.0 Å². The number of aromatic nitrogens is 2. The zero-order valence-electron chi connectivity index (χ0n) is 15.7. The van der Waals surface area contributed by atoms with Crippen LogP contribution in [-0.2, 0) is 6.54 Å². The number of carbonyl (C=O) groups excluding carboxylic acids is 1. The molecule has 2 aromatic carbocycles. The van der Waals surface area contributed by atoms with Gasteiger partial charge in [-0.1, -0.05) is 28.1 Å². The first-order valence-electron chi connectivity index (χ1n) is 8.54. The normalized spacial score (nSPS) is 10.9. The summed E-state index contributed by atoms with van der Waals surface area (Å²) in [5, 5.41) is 28.9. The maximum Gasteiger partial charge on any atom is 0.320 e. The molecule has 1 aromatic heterocycles. The number of carbonyl (C=O) groups is 1. The van der Waals surface area contributed by atoms with Crippen molar-refractivity contribution >= 4 is 33.7 Å². The number of aromatic hydroxyl groups is 1. The summed E-state index contributed by atoms with van der Waals surface area (Å²) in [4.78, 5) is 23.0. The van der Waals surface area contributed by atoms with E-state index in [1.54, 1.807) is 6.07 Å². The third kappa shape index (κ3) is 5.00. The minimum Gasteiger partial charge on any atom is -0.507 e. The van der Waals surface area contributed by atoms with Gasteiger partial charge in [0.1, 0.15) is 17.7 Å². The van der Waals surface area contributed by atoms with Crippen LogP contribution in [0.5, 0.6) is 11.5 Å². The van der Waals surface area contributed by atoms with E-state index in [0.717, 1.165) is 10.0 Å². The van der Waals surface area contributed by atoms with Crippen molar-refractivity contribution in [3.8, 4) is 11.5 Å². The molecular weight excluding hydrogens is 458 g/mol. The predicted molar refractivity (Wildman–Crippen MR) is 112 cm³/mol. The van der Waals surface area contributed by atoms with Crippen LogP contribution in [0.4, 0.5) is 5.69 Å². The molecule has 0 saturated carbocycles. The highest BCUT2D eigenvalue weighted by Gasteiger charge is 2.25. The number of nitro groups is 1. The lowest BCUT2D eigenvalue weighted by molar-refractivity contribution is -0.385. The van der Waals surface area contributed by atoms with Crippen molar-refractivity contribution in [1.82, 2.24) is 15.2 Å². The van der Waals surface area contributed by atoms with Crippen LogP contribution in [0, 0.1) is 10.1 Å². The van der Waals surface area contributed by atoms with Crippen molar-refractivity contribution in [2.75, 3.05) is 7.11 Å². The highest BCUT2D eigenvalue weighted by molar-refractivity contribution is 9.10. The van der Waals surface area contributed by atoms with E-state index in [2.05, 4.69) is 31.6 Å². The molecule has 0 bridgehead atoms. The van der Waals surface area contributed by atoms with Gasteiger partial charge in [-0.05, 0) is 35.9 Å². The largest absolute Gasteiger partial charge is 0.507 e.